The van der Waals surface area contributed by atoms with Gasteiger partial charge in [0, 0.05) is 13.2 Å². The Labute approximate surface area is 85.3 Å². The molecule has 0 amide bonds. The molecule has 0 radical (unpaired) electrons. The summed E-state index contributed by atoms with van der Waals surface area (Å²) in [5.41, 5.74) is 7.26. The summed E-state index contributed by atoms with van der Waals surface area (Å²) in [4.78, 5) is 0. The zero-order chi connectivity index (χ0) is 9.97. The van der Waals surface area contributed by atoms with Crippen molar-refractivity contribution in [3.63, 3.8) is 0 Å². The quantitative estimate of drug-likeness (QED) is 0.780. The van der Waals surface area contributed by atoms with Crippen molar-refractivity contribution in [2.24, 2.45) is 18.7 Å². The van der Waals surface area contributed by atoms with Gasteiger partial charge in [0.25, 0.3) is 0 Å². The third-order valence-corrected chi connectivity index (χ3v) is 3.23. The highest BCUT2D eigenvalue weighted by Crippen LogP contribution is 2.31. The van der Waals surface area contributed by atoms with E-state index in [0.29, 0.717) is 5.92 Å². The summed E-state index contributed by atoms with van der Waals surface area (Å²) in [6.45, 7) is 0. The van der Waals surface area contributed by atoms with Crippen LogP contribution in [0.25, 0.3) is 0 Å². The topological polar surface area (TPSA) is 43.8 Å². The Kier molecular flexibility index (Phi) is 2.87. The maximum Gasteiger partial charge on any atom is 0.0794 e. The van der Waals surface area contributed by atoms with Crippen molar-refractivity contribution >= 4 is 0 Å². The van der Waals surface area contributed by atoms with E-state index in [4.69, 9.17) is 5.73 Å². The second kappa shape index (κ2) is 4.13. The minimum absolute atomic E-state index is 0.150. The maximum absolute atomic E-state index is 6.21. The Morgan fingerprint density at radius 3 is 2.71 bits per heavy atom. The largest absolute Gasteiger partial charge is 0.322 e. The van der Waals surface area contributed by atoms with Crippen molar-refractivity contribution in [1.29, 1.82) is 0 Å². The van der Waals surface area contributed by atoms with E-state index in [0.717, 1.165) is 5.69 Å². The van der Waals surface area contributed by atoms with Crippen LogP contribution < -0.4 is 5.73 Å². The molecule has 1 aliphatic carbocycles. The van der Waals surface area contributed by atoms with Gasteiger partial charge in [-0.3, -0.25) is 4.68 Å². The summed E-state index contributed by atoms with van der Waals surface area (Å²) >= 11 is 0. The second-order valence-electron chi connectivity index (χ2n) is 4.34. The summed E-state index contributed by atoms with van der Waals surface area (Å²) < 4.78 is 1.83. The van der Waals surface area contributed by atoms with E-state index in [1.165, 1.54) is 32.1 Å². The number of hydrogen-bond donors (Lipinski definition) is 1. The molecule has 1 aromatic rings. The molecule has 1 atom stereocenters. The summed E-state index contributed by atoms with van der Waals surface area (Å²) in [5, 5.41) is 4.38. The molecule has 1 heterocycles. The third-order valence-electron chi connectivity index (χ3n) is 3.23. The predicted octanol–water partition coefficient (Wildman–Crippen LogP) is 2.00. The standard InChI is InChI=1S/C11H19N3/c1-14-8-7-10(13-14)11(12)9-5-3-2-4-6-9/h7-9,11H,2-6,12H2,1H3. The van der Waals surface area contributed by atoms with Gasteiger partial charge in [-0.2, -0.15) is 5.10 Å². The fraction of sp³-hybridized carbons (Fsp3) is 0.727. The van der Waals surface area contributed by atoms with Crippen LogP contribution in [0, 0.1) is 5.92 Å². The van der Waals surface area contributed by atoms with E-state index in [2.05, 4.69) is 5.10 Å². The Hall–Kier alpha value is -0.830. The molecule has 78 valence electrons. The second-order valence-corrected chi connectivity index (χ2v) is 4.34. The molecule has 0 spiro atoms. The fourth-order valence-electron chi connectivity index (χ4n) is 2.35. The zero-order valence-corrected chi connectivity index (χ0v) is 8.82. The molecule has 0 saturated heterocycles. The lowest BCUT2D eigenvalue weighted by Crippen LogP contribution is -2.24. The molecule has 2 rings (SSSR count). The first-order chi connectivity index (χ1) is 6.77. The van der Waals surface area contributed by atoms with Crippen molar-refractivity contribution in [2.75, 3.05) is 0 Å². The number of aryl methyl sites for hydroxylation is 1. The van der Waals surface area contributed by atoms with Crippen LogP contribution in [-0.4, -0.2) is 9.78 Å². The number of nitrogens with two attached hydrogens (primary N) is 1. The highest BCUT2D eigenvalue weighted by Gasteiger charge is 2.23. The van der Waals surface area contributed by atoms with Gasteiger partial charge >= 0.3 is 0 Å². The molecule has 1 unspecified atom stereocenters. The molecule has 3 heteroatoms. The fourth-order valence-corrected chi connectivity index (χ4v) is 2.35. The van der Waals surface area contributed by atoms with Gasteiger partial charge in [0.2, 0.25) is 0 Å². The first-order valence-electron chi connectivity index (χ1n) is 5.52. The van der Waals surface area contributed by atoms with Crippen molar-refractivity contribution in [2.45, 2.75) is 38.1 Å². The molecule has 1 fully saturated rings. The molecule has 0 aliphatic heterocycles. The average Bonchev–Trinajstić information content (AvgIpc) is 2.65. The molecule has 1 saturated carbocycles. The molecular formula is C11H19N3. The van der Waals surface area contributed by atoms with Gasteiger partial charge in [-0.05, 0) is 24.8 Å². The van der Waals surface area contributed by atoms with Gasteiger partial charge in [-0.15, -0.1) is 0 Å². The van der Waals surface area contributed by atoms with Gasteiger partial charge in [-0.25, -0.2) is 0 Å². The highest BCUT2D eigenvalue weighted by atomic mass is 15.3. The lowest BCUT2D eigenvalue weighted by Gasteiger charge is -2.26. The summed E-state index contributed by atoms with van der Waals surface area (Å²) in [5.74, 6) is 0.652. The van der Waals surface area contributed by atoms with Gasteiger partial charge < -0.3 is 5.73 Å². The molecule has 1 aromatic heterocycles. The monoisotopic (exact) mass is 193 g/mol. The van der Waals surface area contributed by atoms with E-state index in [9.17, 15) is 0 Å². The Bertz CT molecular complexity index is 286. The van der Waals surface area contributed by atoms with Gasteiger partial charge in [0.1, 0.15) is 0 Å². The zero-order valence-electron chi connectivity index (χ0n) is 8.82. The van der Waals surface area contributed by atoms with Crippen LogP contribution in [0.15, 0.2) is 12.3 Å². The minimum Gasteiger partial charge on any atom is -0.322 e. The van der Waals surface area contributed by atoms with Crippen molar-refractivity contribution in [3.05, 3.63) is 18.0 Å². The lowest BCUT2D eigenvalue weighted by atomic mass is 9.83. The summed E-state index contributed by atoms with van der Waals surface area (Å²) in [6.07, 6.45) is 8.58. The van der Waals surface area contributed by atoms with Gasteiger partial charge in [-0.1, -0.05) is 19.3 Å². The smallest absolute Gasteiger partial charge is 0.0794 e. The predicted molar refractivity (Wildman–Crippen MR) is 56.7 cm³/mol. The average molecular weight is 193 g/mol. The molecule has 0 bridgehead atoms. The van der Waals surface area contributed by atoms with Crippen molar-refractivity contribution in [3.8, 4) is 0 Å². The molecular weight excluding hydrogens is 174 g/mol. The molecule has 1 aliphatic rings. The van der Waals surface area contributed by atoms with Crippen LogP contribution in [0.3, 0.4) is 0 Å². The van der Waals surface area contributed by atoms with Crippen LogP contribution in [0.2, 0.25) is 0 Å². The van der Waals surface area contributed by atoms with E-state index < -0.39 is 0 Å². The van der Waals surface area contributed by atoms with Crippen LogP contribution in [0.1, 0.15) is 43.8 Å². The van der Waals surface area contributed by atoms with Gasteiger partial charge in [0.05, 0.1) is 11.7 Å². The van der Waals surface area contributed by atoms with E-state index in [1.54, 1.807) is 0 Å². The number of rotatable bonds is 2. The van der Waals surface area contributed by atoms with Crippen LogP contribution >= 0.6 is 0 Å². The molecule has 3 nitrogen and oxygen atoms in total. The van der Waals surface area contributed by atoms with Crippen LogP contribution in [-0.2, 0) is 7.05 Å². The Balaban J connectivity index is 2.03. The molecule has 2 N–H and O–H groups in total. The first-order valence-corrected chi connectivity index (χ1v) is 5.52. The normalized spacial score (nSPS) is 21.0. The minimum atomic E-state index is 0.150. The summed E-state index contributed by atoms with van der Waals surface area (Å²) in [7, 11) is 1.94. The van der Waals surface area contributed by atoms with E-state index >= 15 is 0 Å². The SMILES string of the molecule is Cn1ccc(C(N)C2CCCCC2)n1. The highest BCUT2D eigenvalue weighted by molar-refractivity contribution is 5.06. The van der Waals surface area contributed by atoms with Gasteiger partial charge in [0.15, 0.2) is 0 Å². The van der Waals surface area contributed by atoms with Crippen LogP contribution in [0.5, 0.6) is 0 Å². The number of aromatic nitrogens is 2. The van der Waals surface area contributed by atoms with Crippen molar-refractivity contribution in [1.82, 2.24) is 9.78 Å². The number of hydrogen-bond acceptors (Lipinski definition) is 2. The first kappa shape index (κ1) is 9.71. The van der Waals surface area contributed by atoms with Crippen molar-refractivity contribution < 1.29 is 0 Å². The third kappa shape index (κ3) is 1.98. The lowest BCUT2D eigenvalue weighted by molar-refractivity contribution is 0.304. The Morgan fingerprint density at radius 1 is 1.43 bits per heavy atom. The van der Waals surface area contributed by atoms with E-state index in [-0.39, 0.29) is 6.04 Å². The molecule has 14 heavy (non-hydrogen) atoms. The van der Waals surface area contributed by atoms with Crippen LogP contribution in [0.4, 0.5) is 0 Å². The molecule has 0 aromatic carbocycles. The summed E-state index contributed by atoms with van der Waals surface area (Å²) in [6, 6.07) is 2.19. The number of nitrogens with zero attached hydrogens (tertiary/aromatic N) is 2. The Morgan fingerprint density at radius 2 is 2.14 bits per heavy atom. The van der Waals surface area contributed by atoms with E-state index in [1.807, 2.05) is 24.0 Å². The maximum atomic E-state index is 6.21.